The molecular formula is C13H16BrN3O2. The number of aromatic nitrogens is 1. The van der Waals surface area contributed by atoms with Gasteiger partial charge in [-0.1, -0.05) is 0 Å². The number of carbonyl (C=O) groups is 2. The van der Waals surface area contributed by atoms with E-state index in [4.69, 9.17) is 0 Å². The Morgan fingerprint density at radius 1 is 1.37 bits per heavy atom. The number of hydrogen-bond acceptors (Lipinski definition) is 3. The fraction of sp³-hybridized carbons (Fsp3) is 0.462. The van der Waals surface area contributed by atoms with Crippen molar-refractivity contribution in [3.05, 3.63) is 28.5 Å². The molecule has 0 aromatic carbocycles. The molecule has 5 nitrogen and oxygen atoms in total. The van der Waals surface area contributed by atoms with Crippen molar-refractivity contribution in [1.29, 1.82) is 0 Å². The summed E-state index contributed by atoms with van der Waals surface area (Å²) in [6, 6.07) is 1.76. The Bertz CT molecular complexity index is 485. The molecule has 1 N–H and O–H groups in total. The Kier molecular flexibility index (Phi) is 4.52. The molecule has 0 spiro atoms. The van der Waals surface area contributed by atoms with Crippen molar-refractivity contribution in [2.45, 2.75) is 12.8 Å². The first-order valence-corrected chi connectivity index (χ1v) is 7.02. The third kappa shape index (κ3) is 3.32. The summed E-state index contributed by atoms with van der Waals surface area (Å²) in [5.74, 6) is 0.0649. The highest BCUT2D eigenvalue weighted by Gasteiger charge is 2.27. The first-order valence-electron chi connectivity index (χ1n) is 6.23. The molecule has 102 valence electrons. The molecule has 1 aliphatic heterocycles. The highest BCUT2D eigenvalue weighted by Crippen LogP contribution is 2.20. The maximum atomic E-state index is 12.3. The fourth-order valence-corrected chi connectivity index (χ4v) is 2.63. The van der Waals surface area contributed by atoms with Crippen molar-refractivity contribution in [2.24, 2.45) is 5.92 Å². The van der Waals surface area contributed by atoms with Crippen molar-refractivity contribution in [2.75, 3.05) is 20.1 Å². The highest BCUT2D eigenvalue weighted by molar-refractivity contribution is 9.10. The number of hydrogen-bond donors (Lipinski definition) is 1. The summed E-state index contributed by atoms with van der Waals surface area (Å²) in [6.07, 6.45) is 4.65. The zero-order chi connectivity index (χ0) is 13.8. The minimum atomic E-state index is -0.0239. The molecule has 0 atom stereocenters. The van der Waals surface area contributed by atoms with Crippen LogP contribution in [0.25, 0.3) is 0 Å². The van der Waals surface area contributed by atoms with Gasteiger partial charge in [0, 0.05) is 42.9 Å². The van der Waals surface area contributed by atoms with E-state index in [0.29, 0.717) is 31.5 Å². The van der Waals surface area contributed by atoms with E-state index in [-0.39, 0.29) is 17.7 Å². The summed E-state index contributed by atoms with van der Waals surface area (Å²) in [6.45, 7) is 1.23. The molecule has 0 aliphatic carbocycles. The molecule has 0 unspecified atom stereocenters. The Morgan fingerprint density at radius 2 is 2.05 bits per heavy atom. The van der Waals surface area contributed by atoms with Gasteiger partial charge in [-0.15, -0.1) is 0 Å². The largest absolute Gasteiger partial charge is 0.359 e. The predicted molar refractivity (Wildman–Crippen MR) is 74.6 cm³/mol. The topological polar surface area (TPSA) is 62.3 Å². The maximum absolute atomic E-state index is 12.3. The second-order valence-corrected chi connectivity index (χ2v) is 5.49. The molecule has 1 saturated heterocycles. The average Bonchev–Trinajstić information content (AvgIpc) is 2.46. The monoisotopic (exact) mass is 325 g/mol. The van der Waals surface area contributed by atoms with Crippen LogP contribution in [0.4, 0.5) is 0 Å². The van der Waals surface area contributed by atoms with Crippen LogP contribution in [-0.2, 0) is 4.79 Å². The number of nitrogens with zero attached hydrogens (tertiary/aromatic N) is 2. The van der Waals surface area contributed by atoms with E-state index in [2.05, 4.69) is 26.2 Å². The molecular weight excluding hydrogens is 310 g/mol. The lowest BCUT2D eigenvalue weighted by Crippen LogP contribution is -2.42. The summed E-state index contributed by atoms with van der Waals surface area (Å²) in [4.78, 5) is 29.6. The van der Waals surface area contributed by atoms with Crippen LogP contribution in [0.15, 0.2) is 22.9 Å². The number of amides is 2. The number of likely N-dealkylation sites (tertiary alicyclic amines) is 1. The number of carbonyl (C=O) groups excluding carboxylic acids is 2. The van der Waals surface area contributed by atoms with Crippen molar-refractivity contribution < 1.29 is 9.59 Å². The molecule has 1 aromatic rings. The van der Waals surface area contributed by atoms with Crippen LogP contribution in [0.2, 0.25) is 0 Å². The van der Waals surface area contributed by atoms with E-state index < -0.39 is 0 Å². The second kappa shape index (κ2) is 6.14. The summed E-state index contributed by atoms with van der Waals surface area (Å²) < 4.78 is 0.790. The van der Waals surface area contributed by atoms with E-state index in [9.17, 15) is 9.59 Å². The zero-order valence-electron chi connectivity index (χ0n) is 10.7. The van der Waals surface area contributed by atoms with Gasteiger partial charge in [-0.05, 0) is 34.8 Å². The smallest absolute Gasteiger partial charge is 0.255 e. The fourth-order valence-electron chi connectivity index (χ4n) is 2.26. The molecule has 19 heavy (non-hydrogen) atoms. The van der Waals surface area contributed by atoms with E-state index in [1.165, 1.54) is 0 Å². The standard InChI is InChI=1S/C13H16BrN3O2/c1-15-12(18)9-2-4-17(5-3-9)13(19)10-6-11(14)8-16-7-10/h6-9H,2-5H2,1H3,(H,15,18). The van der Waals surface area contributed by atoms with E-state index in [1.54, 1.807) is 30.4 Å². The Morgan fingerprint density at radius 3 is 2.63 bits per heavy atom. The minimum absolute atomic E-state index is 0.0229. The van der Waals surface area contributed by atoms with Crippen LogP contribution < -0.4 is 5.32 Å². The average molecular weight is 326 g/mol. The summed E-state index contributed by atoms with van der Waals surface area (Å²) in [7, 11) is 1.65. The van der Waals surface area contributed by atoms with Gasteiger partial charge in [-0.2, -0.15) is 0 Å². The van der Waals surface area contributed by atoms with Crippen molar-refractivity contribution in [3.8, 4) is 0 Å². The summed E-state index contributed by atoms with van der Waals surface area (Å²) in [5.41, 5.74) is 0.577. The zero-order valence-corrected chi connectivity index (χ0v) is 12.3. The Hall–Kier alpha value is -1.43. The van der Waals surface area contributed by atoms with Gasteiger partial charge in [0.2, 0.25) is 5.91 Å². The quantitative estimate of drug-likeness (QED) is 0.895. The van der Waals surface area contributed by atoms with Gasteiger partial charge in [0.1, 0.15) is 0 Å². The molecule has 1 fully saturated rings. The lowest BCUT2D eigenvalue weighted by Gasteiger charge is -2.31. The van der Waals surface area contributed by atoms with E-state index >= 15 is 0 Å². The van der Waals surface area contributed by atoms with Gasteiger partial charge in [-0.3, -0.25) is 14.6 Å². The van der Waals surface area contributed by atoms with Crippen LogP contribution in [0, 0.1) is 5.92 Å². The number of halogens is 1. The lowest BCUT2D eigenvalue weighted by atomic mass is 9.95. The molecule has 2 heterocycles. The van der Waals surface area contributed by atoms with Crippen LogP contribution in [0.1, 0.15) is 23.2 Å². The number of rotatable bonds is 2. The Balaban J connectivity index is 1.98. The molecule has 2 amide bonds. The van der Waals surface area contributed by atoms with Crippen LogP contribution in [0.5, 0.6) is 0 Å². The van der Waals surface area contributed by atoms with Gasteiger partial charge in [0.05, 0.1) is 5.56 Å². The summed E-state index contributed by atoms with van der Waals surface area (Å²) in [5, 5.41) is 2.66. The number of nitrogens with one attached hydrogen (secondary N) is 1. The molecule has 6 heteroatoms. The minimum Gasteiger partial charge on any atom is -0.359 e. The maximum Gasteiger partial charge on any atom is 0.255 e. The molecule has 1 aliphatic rings. The van der Waals surface area contributed by atoms with Gasteiger partial charge < -0.3 is 10.2 Å². The molecule has 0 saturated carbocycles. The highest BCUT2D eigenvalue weighted by atomic mass is 79.9. The van der Waals surface area contributed by atoms with Crippen molar-refractivity contribution >= 4 is 27.7 Å². The number of pyridine rings is 1. The normalized spacial score (nSPS) is 16.2. The van der Waals surface area contributed by atoms with Crippen LogP contribution >= 0.6 is 15.9 Å². The van der Waals surface area contributed by atoms with E-state index in [0.717, 1.165) is 4.47 Å². The second-order valence-electron chi connectivity index (χ2n) is 4.57. The molecule has 0 radical (unpaired) electrons. The first-order chi connectivity index (χ1) is 9.11. The SMILES string of the molecule is CNC(=O)C1CCN(C(=O)c2cncc(Br)c2)CC1. The van der Waals surface area contributed by atoms with Gasteiger partial charge in [-0.25, -0.2) is 0 Å². The predicted octanol–water partition coefficient (Wildman–Crippen LogP) is 1.44. The molecule has 1 aromatic heterocycles. The van der Waals surface area contributed by atoms with Gasteiger partial charge >= 0.3 is 0 Å². The van der Waals surface area contributed by atoms with Crippen molar-refractivity contribution in [1.82, 2.24) is 15.2 Å². The first kappa shape index (κ1) is 14.0. The third-order valence-corrected chi connectivity index (χ3v) is 3.78. The molecule has 2 rings (SSSR count). The lowest BCUT2D eigenvalue weighted by molar-refractivity contribution is -0.125. The van der Waals surface area contributed by atoms with Crippen LogP contribution in [-0.4, -0.2) is 41.8 Å². The third-order valence-electron chi connectivity index (χ3n) is 3.35. The van der Waals surface area contributed by atoms with Crippen molar-refractivity contribution in [3.63, 3.8) is 0 Å². The van der Waals surface area contributed by atoms with Crippen LogP contribution in [0.3, 0.4) is 0 Å². The number of piperidine rings is 1. The molecule has 0 bridgehead atoms. The van der Waals surface area contributed by atoms with E-state index in [1.807, 2.05) is 0 Å². The van der Waals surface area contributed by atoms with Gasteiger partial charge in [0.15, 0.2) is 0 Å². The Labute approximate surface area is 120 Å². The van der Waals surface area contributed by atoms with Gasteiger partial charge in [0.25, 0.3) is 5.91 Å². The summed E-state index contributed by atoms with van der Waals surface area (Å²) >= 11 is 3.31.